The lowest BCUT2D eigenvalue weighted by Crippen LogP contribution is -2.30. The third-order valence-corrected chi connectivity index (χ3v) is 4.02. The Morgan fingerprint density at radius 2 is 2.21 bits per heavy atom. The van der Waals surface area contributed by atoms with Crippen LogP contribution in [0.5, 0.6) is 0 Å². The van der Waals surface area contributed by atoms with Gasteiger partial charge >= 0.3 is 5.97 Å². The van der Waals surface area contributed by atoms with Crippen LogP contribution in [0.3, 0.4) is 0 Å². The lowest BCUT2D eigenvalue weighted by atomic mass is 9.77. The van der Waals surface area contributed by atoms with Gasteiger partial charge in [-0.25, -0.2) is 0 Å². The van der Waals surface area contributed by atoms with E-state index in [-0.39, 0.29) is 6.42 Å². The minimum absolute atomic E-state index is 0.289. The van der Waals surface area contributed by atoms with Crippen LogP contribution >= 0.6 is 0 Å². The molecule has 0 bridgehead atoms. The molecule has 0 saturated carbocycles. The maximum absolute atomic E-state index is 10.5. The van der Waals surface area contributed by atoms with Crippen molar-refractivity contribution in [2.45, 2.75) is 38.5 Å². The molecule has 1 aliphatic carbocycles. The van der Waals surface area contributed by atoms with E-state index in [9.17, 15) is 4.79 Å². The second kappa shape index (κ2) is 6.71. The van der Waals surface area contributed by atoms with Crippen molar-refractivity contribution in [1.29, 1.82) is 0 Å². The van der Waals surface area contributed by atoms with Gasteiger partial charge in [0.25, 0.3) is 0 Å². The van der Waals surface area contributed by atoms with Gasteiger partial charge in [-0.1, -0.05) is 31.2 Å². The van der Waals surface area contributed by atoms with Gasteiger partial charge < -0.3 is 10.4 Å². The van der Waals surface area contributed by atoms with Crippen LogP contribution in [-0.4, -0.2) is 24.2 Å². The first-order valence-corrected chi connectivity index (χ1v) is 7.17. The summed E-state index contributed by atoms with van der Waals surface area (Å²) in [5.41, 5.74) is 2.98. The summed E-state index contributed by atoms with van der Waals surface area (Å²) < 4.78 is 0. The van der Waals surface area contributed by atoms with E-state index in [2.05, 4.69) is 36.5 Å². The summed E-state index contributed by atoms with van der Waals surface area (Å²) in [5.74, 6) is 0.466. The SMILES string of the molecule is CC(CCNCC1Cc2ccccc21)CCC(=O)O. The van der Waals surface area contributed by atoms with E-state index in [1.807, 2.05) is 0 Å². The molecule has 0 amide bonds. The van der Waals surface area contributed by atoms with Crippen LogP contribution in [0.25, 0.3) is 0 Å². The van der Waals surface area contributed by atoms with Crippen molar-refractivity contribution in [3.63, 3.8) is 0 Å². The predicted molar refractivity (Wildman–Crippen MR) is 76.4 cm³/mol. The zero-order valence-corrected chi connectivity index (χ0v) is 11.6. The van der Waals surface area contributed by atoms with E-state index in [1.165, 1.54) is 17.5 Å². The Morgan fingerprint density at radius 1 is 1.42 bits per heavy atom. The Bertz CT molecular complexity index is 431. The number of carboxylic acids is 1. The summed E-state index contributed by atoms with van der Waals surface area (Å²) in [6.45, 7) is 4.16. The molecular formula is C16H23NO2. The lowest BCUT2D eigenvalue weighted by molar-refractivity contribution is -0.137. The Labute approximate surface area is 115 Å². The molecule has 3 nitrogen and oxygen atoms in total. The predicted octanol–water partition coefficient (Wildman–Crippen LogP) is 2.81. The number of aliphatic carboxylic acids is 1. The molecule has 2 atom stereocenters. The zero-order valence-electron chi connectivity index (χ0n) is 11.6. The molecular weight excluding hydrogens is 238 g/mol. The fourth-order valence-electron chi connectivity index (χ4n) is 2.68. The van der Waals surface area contributed by atoms with Gasteiger partial charge in [0.2, 0.25) is 0 Å². The molecule has 0 spiro atoms. The minimum Gasteiger partial charge on any atom is -0.481 e. The molecule has 0 radical (unpaired) electrons. The summed E-state index contributed by atoms with van der Waals surface area (Å²) in [6.07, 6.45) is 3.32. The molecule has 1 aromatic rings. The number of fused-ring (bicyclic) bond motifs is 1. The maximum atomic E-state index is 10.5. The fourth-order valence-corrected chi connectivity index (χ4v) is 2.68. The van der Waals surface area contributed by atoms with E-state index in [1.54, 1.807) is 0 Å². The minimum atomic E-state index is -0.689. The quantitative estimate of drug-likeness (QED) is 0.707. The van der Waals surface area contributed by atoms with Gasteiger partial charge in [0.15, 0.2) is 0 Å². The van der Waals surface area contributed by atoms with Crippen molar-refractivity contribution in [2.75, 3.05) is 13.1 Å². The number of hydrogen-bond acceptors (Lipinski definition) is 2. The van der Waals surface area contributed by atoms with Crippen LogP contribution in [0.15, 0.2) is 24.3 Å². The van der Waals surface area contributed by atoms with E-state index in [4.69, 9.17) is 5.11 Å². The summed E-state index contributed by atoms with van der Waals surface area (Å²) in [7, 11) is 0. The molecule has 1 aliphatic rings. The number of carboxylic acid groups (broad SMARTS) is 1. The summed E-state index contributed by atoms with van der Waals surface area (Å²) >= 11 is 0. The molecule has 19 heavy (non-hydrogen) atoms. The Morgan fingerprint density at radius 3 is 2.95 bits per heavy atom. The zero-order chi connectivity index (χ0) is 13.7. The van der Waals surface area contributed by atoms with E-state index >= 15 is 0 Å². The highest BCUT2D eigenvalue weighted by Gasteiger charge is 2.24. The first-order chi connectivity index (χ1) is 9.16. The standard InChI is InChI=1S/C16H23NO2/c1-12(6-7-16(18)19)8-9-17-11-14-10-13-4-2-3-5-15(13)14/h2-5,12,14,17H,6-11H2,1H3,(H,18,19). The van der Waals surface area contributed by atoms with Crippen LogP contribution in [-0.2, 0) is 11.2 Å². The van der Waals surface area contributed by atoms with Crippen molar-refractivity contribution < 1.29 is 9.90 Å². The van der Waals surface area contributed by atoms with Crippen molar-refractivity contribution >= 4 is 5.97 Å². The first kappa shape index (κ1) is 14.1. The number of nitrogens with one attached hydrogen (secondary N) is 1. The van der Waals surface area contributed by atoms with Crippen LogP contribution in [0.2, 0.25) is 0 Å². The summed E-state index contributed by atoms with van der Waals surface area (Å²) in [5, 5.41) is 12.1. The molecule has 2 N–H and O–H groups in total. The molecule has 2 rings (SSSR count). The van der Waals surface area contributed by atoms with Crippen molar-refractivity contribution in [3.05, 3.63) is 35.4 Å². The third kappa shape index (κ3) is 4.06. The molecule has 104 valence electrons. The van der Waals surface area contributed by atoms with Gasteiger partial charge in [-0.2, -0.15) is 0 Å². The average Bonchev–Trinajstić information content (AvgIpc) is 2.36. The second-order valence-corrected chi connectivity index (χ2v) is 5.63. The van der Waals surface area contributed by atoms with Crippen LogP contribution in [0, 0.1) is 5.92 Å². The monoisotopic (exact) mass is 261 g/mol. The lowest BCUT2D eigenvalue weighted by Gasteiger charge is -2.30. The first-order valence-electron chi connectivity index (χ1n) is 7.17. The normalized spacial score (nSPS) is 18.5. The van der Waals surface area contributed by atoms with Crippen LogP contribution < -0.4 is 5.32 Å². The smallest absolute Gasteiger partial charge is 0.303 e. The molecule has 0 aliphatic heterocycles. The molecule has 2 unspecified atom stereocenters. The number of rotatable bonds is 8. The Kier molecular flexibility index (Phi) is 4.97. The third-order valence-electron chi connectivity index (χ3n) is 4.02. The van der Waals surface area contributed by atoms with Gasteiger partial charge in [0.05, 0.1) is 0 Å². The van der Waals surface area contributed by atoms with Gasteiger partial charge in [-0.3, -0.25) is 4.79 Å². The van der Waals surface area contributed by atoms with Gasteiger partial charge in [0, 0.05) is 18.9 Å². The fraction of sp³-hybridized carbons (Fsp3) is 0.562. The van der Waals surface area contributed by atoms with Crippen LogP contribution in [0.4, 0.5) is 0 Å². The highest BCUT2D eigenvalue weighted by molar-refractivity contribution is 5.66. The van der Waals surface area contributed by atoms with Crippen molar-refractivity contribution in [3.8, 4) is 0 Å². The second-order valence-electron chi connectivity index (χ2n) is 5.63. The summed E-state index contributed by atoms with van der Waals surface area (Å²) in [6, 6.07) is 8.64. The highest BCUT2D eigenvalue weighted by Crippen LogP contribution is 2.33. The maximum Gasteiger partial charge on any atom is 0.303 e. The number of benzene rings is 1. The Hall–Kier alpha value is -1.35. The average molecular weight is 261 g/mol. The van der Waals surface area contributed by atoms with E-state index in [0.717, 1.165) is 25.9 Å². The van der Waals surface area contributed by atoms with Crippen LogP contribution in [0.1, 0.15) is 43.2 Å². The largest absolute Gasteiger partial charge is 0.481 e. The number of carbonyl (C=O) groups is 1. The van der Waals surface area contributed by atoms with Crippen molar-refractivity contribution in [1.82, 2.24) is 5.32 Å². The van der Waals surface area contributed by atoms with E-state index < -0.39 is 5.97 Å². The number of hydrogen-bond donors (Lipinski definition) is 2. The molecule has 0 aromatic heterocycles. The van der Waals surface area contributed by atoms with E-state index in [0.29, 0.717) is 11.8 Å². The molecule has 3 heteroatoms. The highest BCUT2D eigenvalue weighted by atomic mass is 16.4. The van der Waals surface area contributed by atoms with Crippen molar-refractivity contribution in [2.24, 2.45) is 5.92 Å². The van der Waals surface area contributed by atoms with Gasteiger partial charge in [-0.05, 0) is 42.9 Å². The summed E-state index contributed by atoms with van der Waals surface area (Å²) in [4.78, 5) is 10.5. The molecule has 1 aromatic carbocycles. The molecule has 0 saturated heterocycles. The Balaban J connectivity index is 1.57. The topological polar surface area (TPSA) is 49.3 Å². The molecule has 0 fully saturated rings. The van der Waals surface area contributed by atoms with Gasteiger partial charge in [0.1, 0.15) is 0 Å². The molecule has 0 heterocycles. The van der Waals surface area contributed by atoms with Gasteiger partial charge in [-0.15, -0.1) is 0 Å².